The van der Waals surface area contributed by atoms with E-state index in [2.05, 4.69) is 10.6 Å². The normalized spacial score (nSPS) is 28.8. The zero-order chi connectivity index (χ0) is 21.1. The number of hydrogen-bond acceptors (Lipinski definition) is 4. The Bertz CT molecular complexity index is 627. The van der Waals surface area contributed by atoms with Crippen LogP contribution in [0.1, 0.15) is 77.0 Å². The van der Waals surface area contributed by atoms with E-state index in [1.807, 2.05) is 9.80 Å². The fourth-order valence-corrected chi connectivity index (χ4v) is 5.65. The second-order valence-electron chi connectivity index (χ2n) is 9.42. The van der Waals surface area contributed by atoms with Crippen LogP contribution in [0.25, 0.3) is 0 Å². The molecule has 4 rings (SSSR count). The SMILES string of the molecule is O=C(NC1CC(=O)N(C2CCCCC2)C1)C(=O)NC1CC(=O)N(C2CCCCC2)C1. The molecule has 8 heteroatoms. The fraction of sp³-hybridized carbons (Fsp3) is 0.818. The Kier molecular flexibility index (Phi) is 6.58. The molecule has 2 unspecified atom stereocenters. The number of nitrogens with zero attached hydrogens (tertiary/aromatic N) is 2. The third-order valence-electron chi connectivity index (χ3n) is 7.22. The Morgan fingerprint density at radius 3 is 1.37 bits per heavy atom. The molecule has 2 atom stereocenters. The molecule has 2 saturated carbocycles. The van der Waals surface area contributed by atoms with E-state index < -0.39 is 11.8 Å². The van der Waals surface area contributed by atoms with Gasteiger partial charge in [-0.05, 0) is 25.7 Å². The number of nitrogens with one attached hydrogen (secondary N) is 2. The third-order valence-corrected chi connectivity index (χ3v) is 7.22. The predicted molar refractivity (Wildman–Crippen MR) is 110 cm³/mol. The molecular weight excluding hydrogens is 384 g/mol. The molecule has 2 N–H and O–H groups in total. The summed E-state index contributed by atoms with van der Waals surface area (Å²) in [5, 5.41) is 5.45. The Morgan fingerprint density at radius 1 is 0.633 bits per heavy atom. The molecule has 166 valence electrons. The Balaban J connectivity index is 1.24. The monoisotopic (exact) mass is 418 g/mol. The van der Waals surface area contributed by atoms with E-state index in [0.717, 1.165) is 51.4 Å². The van der Waals surface area contributed by atoms with Crippen LogP contribution in [0.5, 0.6) is 0 Å². The molecule has 4 amide bonds. The molecule has 8 nitrogen and oxygen atoms in total. The molecular formula is C22H34N4O4. The van der Waals surface area contributed by atoms with Gasteiger partial charge in [0.25, 0.3) is 0 Å². The van der Waals surface area contributed by atoms with Crippen molar-refractivity contribution in [1.82, 2.24) is 20.4 Å². The number of likely N-dealkylation sites (tertiary alicyclic amines) is 2. The highest BCUT2D eigenvalue weighted by Crippen LogP contribution is 2.27. The summed E-state index contributed by atoms with van der Waals surface area (Å²) in [5.41, 5.74) is 0. The van der Waals surface area contributed by atoms with Crippen LogP contribution < -0.4 is 10.6 Å². The zero-order valence-electron chi connectivity index (χ0n) is 17.7. The molecule has 0 radical (unpaired) electrons. The van der Waals surface area contributed by atoms with Gasteiger partial charge >= 0.3 is 11.8 Å². The number of amides is 4. The topological polar surface area (TPSA) is 98.8 Å². The van der Waals surface area contributed by atoms with Gasteiger partial charge in [-0.15, -0.1) is 0 Å². The lowest BCUT2D eigenvalue weighted by atomic mass is 9.94. The number of carbonyl (C=O) groups excluding carboxylic acids is 4. The summed E-state index contributed by atoms with van der Waals surface area (Å²) < 4.78 is 0. The van der Waals surface area contributed by atoms with E-state index in [0.29, 0.717) is 13.1 Å². The van der Waals surface area contributed by atoms with Crippen molar-refractivity contribution in [3.05, 3.63) is 0 Å². The van der Waals surface area contributed by atoms with Crippen molar-refractivity contribution in [2.24, 2.45) is 0 Å². The van der Waals surface area contributed by atoms with Crippen molar-refractivity contribution in [3.63, 3.8) is 0 Å². The molecule has 30 heavy (non-hydrogen) atoms. The zero-order valence-corrected chi connectivity index (χ0v) is 17.7. The van der Waals surface area contributed by atoms with Crippen molar-refractivity contribution in [2.45, 2.75) is 101 Å². The number of hydrogen-bond donors (Lipinski definition) is 2. The van der Waals surface area contributed by atoms with Crippen molar-refractivity contribution in [2.75, 3.05) is 13.1 Å². The first-order valence-electron chi connectivity index (χ1n) is 11.7. The van der Waals surface area contributed by atoms with E-state index in [-0.39, 0.29) is 48.8 Å². The fourth-order valence-electron chi connectivity index (χ4n) is 5.65. The van der Waals surface area contributed by atoms with Crippen LogP contribution in [0.4, 0.5) is 0 Å². The molecule has 0 aromatic heterocycles. The molecule has 2 saturated heterocycles. The van der Waals surface area contributed by atoms with Crippen LogP contribution in [0.3, 0.4) is 0 Å². The van der Waals surface area contributed by atoms with Gasteiger partial charge in [-0.25, -0.2) is 0 Å². The van der Waals surface area contributed by atoms with Crippen molar-refractivity contribution >= 4 is 23.6 Å². The van der Waals surface area contributed by atoms with Gasteiger partial charge in [0.15, 0.2) is 0 Å². The third kappa shape index (κ3) is 4.78. The van der Waals surface area contributed by atoms with Gasteiger partial charge in [0.2, 0.25) is 11.8 Å². The summed E-state index contributed by atoms with van der Waals surface area (Å²) >= 11 is 0. The predicted octanol–water partition coefficient (Wildman–Crippen LogP) is 1.09. The summed E-state index contributed by atoms with van der Waals surface area (Å²) in [5.74, 6) is -1.28. The lowest BCUT2D eigenvalue weighted by Crippen LogP contribution is -2.49. The Labute approximate surface area is 178 Å². The minimum Gasteiger partial charge on any atom is -0.343 e. The first kappa shape index (κ1) is 21.1. The maximum Gasteiger partial charge on any atom is 0.309 e. The van der Waals surface area contributed by atoms with Crippen molar-refractivity contribution < 1.29 is 19.2 Å². The molecule has 0 aromatic carbocycles. The van der Waals surface area contributed by atoms with E-state index in [1.165, 1.54) is 12.8 Å². The van der Waals surface area contributed by atoms with E-state index >= 15 is 0 Å². The summed E-state index contributed by atoms with van der Waals surface area (Å²) in [6.07, 6.45) is 11.6. The quantitative estimate of drug-likeness (QED) is 0.668. The largest absolute Gasteiger partial charge is 0.343 e. The highest BCUT2D eigenvalue weighted by molar-refractivity contribution is 6.35. The highest BCUT2D eigenvalue weighted by Gasteiger charge is 2.38. The van der Waals surface area contributed by atoms with E-state index in [4.69, 9.17) is 0 Å². The lowest BCUT2D eigenvalue weighted by Gasteiger charge is -2.31. The van der Waals surface area contributed by atoms with Crippen molar-refractivity contribution in [1.29, 1.82) is 0 Å². The summed E-state index contributed by atoms with van der Waals surface area (Å²) in [6, 6.07) is -0.0854. The average Bonchev–Trinajstić information content (AvgIpc) is 3.31. The van der Waals surface area contributed by atoms with Gasteiger partial charge in [0.05, 0.1) is 12.1 Å². The molecule has 2 aliphatic carbocycles. The van der Waals surface area contributed by atoms with Crippen LogP contribution in [-0.2, 0) is 19.2 Å². The molecule has 0 aromatic rings. The molecule has 2 heterocycles. The van der Waals surface area contributed by atoms with Gasteiger partial charge in [-0.2, -0.15) is 0 Å². The van der Waals surface area contributed by atoms with Crippen molar-refractivity contribution in [3.8, 4) is 0 Å². The maximum absolute atomic E-state index is 12.4. The van der Waals surface area contributed by atoms with Crippen LogP contribution in [0, 0.1) is 0 Å². The second kappa shape index (κ2) is 9.35. The average molecular weight is 419 g/mol. The van der Waals surface area contributed by atoms with E-state index in [1.54, 1.807) is 0 Å². The van der Waals surface area contributed by atoms with Crippen LogP contribution in [0.15, 0.2) is 0 Å². The maximum atomic E-state index is 12.4. The van der Waals surface area contributed by atoms with Crippen LogP contribution in [0.2, 0.25) is 0 Å². The van der Waals surface area contributed by atoms with Crippen LogP contribution >= 0.6 is 0 Å². The standard InChI is InChI=1S/C22H34N4O4/c27-19-11-15(13-25(19)17-7-3-1-4-8-17)23-21(29)22(30)24-16-12-20(28)26(14-16)18-9-5-2-6-10-18/h15-18H,1-14H2,(H,23,29)(H,24,30). The number of carbonyl (C=O) groups is 4. The summed E-state index contributed by atoms with van der Waals surface area (Å²) in [7, 11) is 0. The Hall–Kier alpha value is -2.12. The highest BCUT2D eigenvalue weighted by atomic mass is 16.2. The van der Waals surface area contributed by atoms with Gasteiger partial charge in [0, 0.05) is 38.0 Å². The number of rotatable bonds is 4. The summed E-state index contributed by atoms with van der Waals surface area (Å²) in [6.45, 7) is 0.972. The lowest BCUT2D eigenvalue weighted by molar-refractivity contribution is -0.140. The minimum atomic E-state index is -0.707. The van der Waals surface area contributed by atoms with E-state index in [9.17, 15) is 19.2 Å². The smallest absolute Gasteiger partial charge is 0.309 e. The first-order chi connectivity index (χ1) is 14.5. The second-order valence-corrected chi connectivity index (χ2v) is 9.42. The van der Waals surface area contributed by atoms with Gasteiger partial charge < -0.3 is 20.4 Å². The molecule has 4 aliphatic rings. The van der Waals surface area contributed by atoms with Crippen LogP contribution in [-0.4, -0.2) is 70.7 Å². The summed E-state index contributed by atoms with van der Waals surface area (Å²) in [4.78, 5) is 53.3. The molecule has 0 bridgehead atoms. The van der Waals surface area contributed by atoms with Gasteiger partial charge in [-0.3, -0.25) is 19.2 Å². The first-order valence-corrected chi connectivity index (χ1v) is 11.7. The molecule has 0 spiro atoms. The van der Waals surface area contributed by atoms with Gasteiger partial charge in [0.1, 0.15) is 0 Å². The minimum absolute atomic E-state index is 0.0668. The molecule has 2 aliphatic heterocycles. The van der Waals surface area contributed by atoms with Gasteiger partial charge in [-0.1, -0.05) is 38.5 Å². The Morgan fingerprint density at radius 2 is 1.00 bits per heavy atom. The molecule has 4 fully saturated rings.